The molecule has 2 N–H and O–H groups in total. The number of allylic oxidation sites excluding steroid dienone is 2. The van der Waals surface area contributed by atoms with Gasteiger partial charge in [0.25, 0.3) is 5.78 Å². The zero-order chi connectivity index (χ0) is 14.6. The molecule has 0 spiro atoms. The highest BCUT2D eigenvalue weighted by atomic mass is 19.4. The van der Waals surface area contributed by atoms with Crippen LogP contribution in [0.3, 0.4) is 0 Å². The molecule has 1 aromatic carbocycles. The van der Waals surface area contributed by atoms with Gasteiger partial charge in [0.15, 0.2) is 0 Å². The molecule has 0 saturated heterocycles. The minimum atomic E-state index is -4.95. The van der Waals surface area contributed by atoms with Crippen LogP contribution < -0.4 is 5.32 Å². The number of para-hydroxylation sites is 1. The van der Waals surface area contributed by atoms with Gasteiger partial charge in [0.1, 0.15) is 0 Å². The van der Waals surface area contributed by atoms with Gasteiger partial charge in [0, 0.05) is 11.8 Å². The second-order valence-electron chi connectivity index (χ2n) is 3.67. The molecule has 7 heteroatoms. The van der Waals surface area contributed by atoms with Crippen molar-refractivity contribution >= 4 is 17.4 Å². The van der Waals surface area contributed by atoms with Crippen molar-refractivity contribution in [1.82, 2.24) is 0 Å². The minimum Gasteiger partial charge on any atom is -0.478 e. The first kappa shape index (κ1) is 14.7. The monoisotopic (exact) mass is 273 g/mol. The number of carbonyl (C=O) groups is 2. The lowest BCUT2D eigenvalue weighted by Gasteiger charge is -2.10. The number of rotatable bonds is 4. The van der Waals surface area contributed by atoms with Crippen LogP contribution >= 0.6 is 0 Å². The number of halogens is 3. The third kappa shape index (κ3) is 4.13. The van der Waals surface area contributed by atoms with Crippen LogP contribution in [-0.2, 0) is 4.79 Å². The molecular weight excluding hydrogens is 263 g/mol. The summed E-state index contributed by atoms with van der Waals surface area (Å²) in [5, 5.41) is 11.3. The van der Waals surface area contributed by atoms with E-state index in [0.717, 1.165) is 0 Å². The number of aromatic carboxylic acids is 1. The summed E-state index contributed by atoms with van der Waals surface area (Å²) in [6.07, 6.45) is -4.58. The molecule has 0 aliphatic rings. The molecule has 0 unspecified atom stereocenters. The summed E-state index contributed by atoms with van der Waals surface area (Å²) in [7, 11) is 0. The van der Waals surface area contributed by atoms with E-state index >= 15 is 0 Å². The maximum Gasteiger partial charge on any atom is 0.454 e. The van der Waals surface area contributed by atoms with Gasteiger partial charge >= 0.3 is 12.1 Å². The first-order valence-electron chi connectivity index (χ1n) is 5.10. The van der Waals surface area contributed by atoms with E-state index in [9.17, 15) is 22.8 Å². The van der Waals surface area contributed by atoms with E-state index in [1.54, 1.807) is 0 Å². The summed E-state index contributed by atoms with van der Waals surface area (Å²) in [4.78, 5) is 21.6. The molecule has 102 valence electrons. The highest BCUT2D eigenvalue weighted by Gasteiger charge is 2.36. The zero-order valence-electron chi connectivity index (χ0n) is 9.78. The fourth-order valence-corrected chi connectivity index (χ4v) is 1.31. The van der Waals surface area contributed by atoms with Crippen molar-refractivity contribution < 1.29 is 27.9 Å². The Morgan fingerprint density at radius 3 is 2.37 bits per heavy atom. The number of alkyl halides is 3. The molecule has 1 rings (SSSR count). The second-order valence-corrected chi connectivity index (χ2v) is 3.67. The lowest BCUT2D eigenvalue weighted by molar-refractivity contribution is -0.165. The van der Waals surface area contributed by atoms with Crippen molar-refractivity contribution in [3.8, 4) is 0 Å². The van der Waals surface area contributed by atoms with Crippen molar-refractivity contribution in [2.24, 2.45) is 0 Å². The van der Waals surface area contributed by atoms with E-state index in [1.807, 2.05) is 0 Å². The van der Waals surface area contributed by atoms with E-state index < -0.39 is 17.9 Å². The summed E-state index contributed by atoms with van der Waals surface area (Å²) in [6.45, 7) is 1.24. The second kappa shape index (κ2) is 5.55. The molecule has 0 aliphatic heterocycles. The van der Waals surface area contributed by atoms with Gasteiger partial charge in [0.05, 0.1) is 11.3 Å². The van der Waals surface area contributed by atoms with E-state index in [-0.39, 0.29) is 16.9 Å². The highest BCUT2D eigenvalue weighted by Crippen LogP contribution is 2.20. The molecule has 0 fully saturated rings. The van der Waals surface area contributed by atoms with Crippen molar-refractivity contribution in [2.45, 2.75) is 13.1 Å². The Morgan fingerprint density at radius 1 is 1.26 bits per heavy atom. The topological polar surface area (TPSA) is 66.4 Å². The Labute approximate surface area is 106 Å². The van der Waals surface area contributed by atoms with Crippen molar-refractivity contribution in [3.05, 3.63) is 41.6 Å². The standard InChI is InChI=1S/C12H10F3NO3/c1-7(6-10(17)12(13,14)15)16-9-5-3-2-4-8(9)11(18)19/h2-6,16H,1H3,(H,18,19)/b7-6-. The van der Waals surface area contributed by atoms with E-state index in [1.165, 1.54) is 31.2 Å². The highest BCUT2D eigenvalue weighted by molar-refractivity contribution is 5.96. The van der Waals surface area contributed by atoms with Crippen molar-refractivity contribution in [2.75, 3.05) is 5.32 Å². The predicted molar refractivity (Wildman–Crippen MR) is 61.8 cm³/mol. The van der Waals surface area contributed by atoms with Crippen LogP contribution in [0.25, 0.3) is 0 Å². The van der Waals surface area contributed by atoms with Crippen LogP contribution in [0.5, 0.6) is 0 Å². The SMILES string of the molecule is C/C(=C/C(=O)C(F)(F)F)Nc1ccccc1C(=O)O. The third-order valence-corrected chi connectivity index (χ3v) is 2.12. The first-order valence-corrected chi connectivity index (χ1v) is 5.10. The van der Waals surface area contributed by atoms with Crippen LogP contribution in [0.2, 0.25) is 0 Å². The van der Waals surface area contributed by atoms with Crippen LogP contribution in [0.1, 0.15) is 17.3 Å². The normalized spacial score (nSPS) is 12.1. The molecule has 0 radical (unpaired) electrons. The van der Waals surface area contributed by atoms with Gasteiger partial charge < -0.3 is 10.4 Å². The van der Waals surface area contributed by atoms with Gasteiger partial charge in [-0.2, -0.15) is 13.2 Å². The zero-order valence-corrected chi connectivity index (χ0v) is 9.78. The number of hydrogen-bond donors (Lipinski definition) is 2. The molecule has 0 bridgehead atoms. The average Bonchev–Trinajstić information content (AvgIpc) is 2.27. The van der Waals surface area contributed by atoms with Gasteiger partial charge in [0.2, 0.25) is 0 Å². The predicted octanol–water partition coefficient (Wildman–Crippen LogP) is 2.83. The van der Waals surface area contributed by atoms with Gasteiger partial charge in [-0.3, -0.25) is 4.79 Å². The minimum absolute atomic E-state index is 0.101. The quantitative estimate of drug-likeness (QED) is 0.828. The molecule has 0 heterocycles. The smallest absolute Gasteiger partial charge is 0.454 e. The Kier molecular flexibility index (Phi) is 4.31. The Morgan fingerprint density at radius 2 is 1.84 bits per heavy atom. The van der Waals surface area contributed by atoms with Crippen molar-refractivity contribution in [1.29, 1.82) is 0 Å². The molecule has 0 atom stereocenters. The Balaban J connectivity index is 2.95. The summed E-state index contributed by atoms with van der Waals surface area (Å²) in [6, 6.07) is 5.69. The maximum atomic E-state index is 12.0. The van der Waals surface area contributed by atoms with Crippen LogP contribution in [-0.4, -0.2) is 23.0 Å². The summed E-state index contributed by atoms with van der Waals surface area (Å²) >= 11 is 0. The third-order valence-electron chi connectivity index (χ3n) is 2.12. The largest absolute Gasteiger partial charge is 0.478 e. The number of anilines is 1. The van der Waals surface area contributed by atoms with Crippen LogP contribution in [0.4, 0.5) is 18.9 Å². The number of carbonyl (C=O) groups excluding carboxylic acids is 1. The molecule has 0 amide bonds. The molecule has 0 aromatic heterocycles. The average molecular weight is 273 g/mol. The van der Waals surface area contributed by atoms with Crippen LogP contribution in [0.15, 0.2) is 36.0 Å². The Hall–Kier alpha value is -2.31. The van der Waals surface area contributed by atoms with Gasteiger partial charge in [-0.25, -0.2) is 4.79 Å². The number of hydrogen-bond acceptors (Lipinski definition) is 3. The maximum absolute atomic E-state index is 12.0. The number of nitrogens with one attached hydrogen (secondary N) is 1. The van der Waals surface area contributed by atoms with E-state index in [0.29, 0.717) is 6.08 Å². The fraction of sp³-hybridized carbons (Fsp3) is 0.167. The summed E-state index contributed by atoms with van der Waals surface area (Å²) in [5.41, 5.74) is -0.0931. The number of ketones is 1. The number of carboxylic acid groups (broad SMARTS) is 1. The van der Waals surface area contributed by atoms with Gasteiger partial charge in [-0.05, 0) is 19.1 Å². The van der Waals surface area contributed by atoms with Crippen molar-refractivity contribution in [3.63, 3.8) is 0 Å². The lowest BCUT2D eigenvalue weighted by Crippen LogP contribution is -2.21. The number of benzene rings is 1. The first-order chi connectivity index (χ1) is 8.71. The molecule has 0 aliphatic carbocycles. The molecule has 19 heavy (non-hydrogen) atoms. The Bertz CT molecular complexity index is 535. The molecule has 4 nitrogen and oxygen atoms in total. The molecular formula is C12H10F3NO3. The van der Waals surface area contributed by atoms with Gasteiger partial charge in [-0.15, -0.1) is 0 Å². The van der Waals surface area contributed by atoms with Crippen LogP contribution in [0, 0.1) is 0 Å². The van der Waals surface area contributed by atoms with Gasteiger partial charge in [-0.1, -0.05) is 12.1 Å². The molecule has 1 aromatic rings. The number of carboxylic acids is 1. The van der Waals surface area contributed by atoms with E-state index in [4.69, 9.17) is 5.11 Å². The summed E-state index contributed by atoms with van der Waals surface area (Å²) in [5.74, 6) is -3.23. The lowest BCUT2D eigenvalue weighted by atomic mass is 10.1. The fourth-order valence-electron chi connectivity index (χ4n) is 1.31. The summed E-state index contributed by atoms with van der Waals surface area (Å²) < 4.78 is 36.1. The van der Waals surface area contributed by atoms with E-state index in [2.05, 4.69) is 5.32 Å². The molecule has 0 saturated carbocycles.